The van der Waals surface area contributed by atoms with Crippen LogP contribution in [0.25, 0.3) is 0 Å². The van der Waals surface area contributed by atoms with E-state index in [1.165, 1.54) is 13.2 Å². The summed E-state index contributed by atoms with van der Waals surface area (Å²) in [6.07, 6.45) is 2.73. The van der Waals surface area contributed by atoms with Crippen molar-refractivity contribution >= 4 is 18.0 Å². The minimum absolute atomic E-state index is 0. The maximum Gasteiger partial charge on any atom is 0.408 e. The summed E-state index contributed by atoms with van der Waals surface area (Å²) in [7, 11) is 1.28. The average Bonchev–Trinajstić information content (AvgIpc) is 2.40. The van der Waals surface area contributed by atoms with E-state index in [9.17, 15) is 14.4 Å². The van der Waals surface area contributed by atoms with Crippen molar-refractivity contribution < 1.29 is 26.7 Å². The fourth-order valence-electron chi connectivity index (χ4n) is 1.41. The first kappa shape index (κ1) is 19.9. The Hall–Kier alpha value is -2.05. The van der Waals surface area contributed by atoms with Gasteiger partial charge in [-0.15, -0.1) is 0 Å². The van der Waals surface area contributed by atoms with E-state index < -0.39 is 23.7 Å². The van der Waals surface area contributed by atoms with Gasteiger partial charge in [0.1, 0.15) is 11.6 Å². The molecule has 0 aromatic carbocycles. The predicted octanol–water partition coefficient (Wildman–Crippen LogP) is 2.02. The summed E-state index contributed by atoms with van der Waals surface area (Å²) in [4.78, 5) is 34.6. The van der Waals surface area contributed by atoms with Crippen LogP contribution in [0.5, 0.6) is 0 Å². The van der Waals surface area contributed by atoms with Crippen LogP contribution in [-0.4, -0.2) is 42.8 Å². The Balaban J connectivity index is -0.00000220. The molecule has 2 N–H and O–H groups in total. The SMILES string of the molecule is CC[C@@H](/C=C/C(=O)OC)NC(=O)[C@H](C)NC(=O)OC(C)(C)C.[HH].[HH]. The van der Waals surface area contributed by atoms with Gasteiger partial charge in [0.25, 0.3) is 0 Å². The second kappa shape index (κ2) is 9.07. The Labute approximate surface area is 134 Å². The van der Waals surface area contributed by atoms with Crippen molar-refractivity contribution in [1.29, 1.82) is 0 Å². The Morgan fingerprint density at radius 2 is 1.82 bits per heavy atom. The van der Waals surface area contributed by atoms with Crippen LogP contribution in [0.2, 0.25) is 0 Å². The summed E-state index contributed by atoms with van der Waals surface area (Å²) in [5, 5.41) is 5.16. The van der Waals surface area contributed by atoms with Crippen molar-refractivity contribution in [3.05, 3.63) is 12.2 Å². The second-order valence-corrected chi connectivity index (χ2v) is 5.77. The van der Waals surface area contributed by atoms with Crippen LogP contribution in [0.3, 0.4) is 0 Å². The van der Waals surface area contributed by atoms with E-state index in [0.717, 1.165) is 0 Å². The zero-order chi connectivity index (χ0) is 17.3. The third-order valence-electron chi connectivity index (χ3n) is 2.56. The first-order chi connectivity index (χ1) is 10.1. The summed E-state index contributed by atoms with van der Waals surface area (Å²) < 4.78 is 9.56. The molecule has 0 heterocycles. The number of ether oxygens (including phenoxy) is 2. The first-order valence-corrected chi connectivity index (χ1v) is 7.15. The molecule has 0 rings (SSSR count). The van der Waals surface area contributed by atoms with E-state index in [2.05, 4.69) is 15.4 Å². The molecular weight excluding hydrogens is 288 g/mol. The van der Waals surface area contributed by atoms with Crippen molar-refractivity contribution in [3.8, 4) is 0 Å². The number of carbonyl (C=O) groups is 3. The van der Waals surface area contributed by atoms with Gasteiger partial charge >= 0.3 is 12.1 Å². The van der Waals surface area contributed by atoms with E-state index in [4.69, 9.17) is 4.74 Å². The lowest BCUT2D eigenvalue weighted by atomic mass is 10.2. The van der Waals surface area contributed by atoms with E-state index in [1.54, 1.807) is 33.8 Å². The lowest BCUT2D eigenvalue weighted by molar-refractivity contribution is -0.135. The van der Waals surface area contributed by atoms with Crippen LogP contribution in [-0.2, 0) is 19.1 Å². The standard InChI is InChI=1S/C15H26N2O5.2H2/c1-7-11(8-9-12(18)21-6)17-13(19)10(2)16-14(20)22-15(3,4)5;;/h8-11H,7H2,1-6H3,(H,16,20)(H,17,19);2*1H/b9-8+;;/t10-,11-;;/m0../s1. The minimum atomic E-state index is -0.754. The summed E-state index contributed by atoms with van der Waals surface area (Å²) in [5.74, 6) is -0.861. The largest absolute Gasteiger partial charge is 0.466 e. The Bertz CT molecular complexity index is 436. The van der Waals surface area contributed by atoms with Gasteiger partial charge in [-0.3, -0.25) is 4.79 Å². The maximum atomic E-state index is 12.0. The molecule has 0 fully saturated rings. The van der Waals surface area contributed by atoms with Crippen LogP contribution in [0, 0.1) is 0 Å². The fourth-order valence-corrected chi connectivity index (χ4v) is 1.41. The number of methoxy groups -OCH3 is 1. The molecule has 2 atom stereocenters. The van der Waals surface area contributed by atoms with Crippen LogP contribution in [0.1, 0.15) is 43.9 Å². The highest BCUT2D eigenvalue weighted by Crippen LogP contribution is 2.06. The van der Waals surface area contributed by atoms with Crippen LogP contribution >= 0.6 is 0 Å². The number of amides is 2. The van der Waals surface area contributed by atoms with Gasteiger partial charge in [-0.2, -0.15) is 0 Å². The van der Waals surface area contributed by atoms with Gasteiger partial charge < -0.3 is 20.1 Å². The molecule has 0 spiro atoms. The molecule has 0 bridgehead atoms. The molecule has 0 unspecified atom stereocenters. The Morgan fingerprint density at radius 3 is 2.27 bits per heavy atom. The topological polar surface area (TPSA) is 93.7 Å². The molecular formula is C15H30N2O5. The van der Waals surface area contributed by atoms with Crippen molar-refractivity contribution in [2.75, 3.05) is 7.11 Å². The molecule has 0 aliphatic rings. The molecule has 0 aliphatic heterocycles. The summed E-state index contributed by atoms with van der Waals surface area (Å²) in [6, 6.07) is -1.08. The Morgan fingerprint density at radius 1 is 1.23 bits per heavy atom. The monoisotopic (exact) mass is 318 g/mol. The molecule has 7 heteroatoms. The van der Waals surface area contributed by atoms with Gasteiger partial charge in [0, 0.05) is 15.0 Å². The number of esters is 1. The molecule has 0 aromatic rings. The van der Waals surface area contributed by atoms with E-state index in [0.29, 0.717) is 6.42 Å². The van der Waals surface area contributed by atoms with Gasteiger partial charge in [0.15, 0.2) is 0 Å². The van der Waals surface area contributed by atoms with Gasteiger partial charge in [0.05, 0.1) is 7.11 Å². The second-order valence-electron chi connectivity index (χ2n) is 5.77. The fraction of sp³-hybridized carbons (Fsp3) is 0.667. The zero-order valence-electron chi connectivity index (χ0n) is 14.1. The van der Waals surface area contributed by atoms with Crippen LogP contribution < -0.4 is 10.6 Å². The van der Waals surface area contributed by atoms with Crippen molar-refractivity contribution in [2.24, 2.45) is 0 Å². The third kappa shape index (κ3) is 8.99. The molecule has 0 saturated heterocycles. The number of hydrogen-bond donors (Lipinski definition) is 2. The van der Waals surface area contributed by atoms with Crippen molar-refractivity contribution in [3.63, 3.8) is 0 Å². The number of hydrogen-bond acceptors (Lipinski definition) is 5. The van der Waals surface area contributed by atoms with Crippen LogP contribution in [0.4, 0.5) is 4.79 Å². The lowest BCUT2D eigenvalue weighted by Gasteiger charge is -2.22. The zero-order valence-corrected chi connectivity index (χ0v) is 14.1. The van der Waals surface area contributed by atoms with Crippen LogP contribution in [0.15, 0.2) is 12.2 Å². The highest BCUT2D eigenvalue weighted by molar-refractivity contribution is 5.86. The molecule has 0 radical (unpaired) electrons. The molecule has 22 heavy (non-hydrogen) atoms. The van der Waals surface area contributed by atoms with E-state index in [-0.39, 0.29) is 14.8 Å². The summed E-state index contributed by atoms with van der Waals surface area (Å²) >= 11 is 0. The minimum Gasteiger partial charge on any atom is -0.466 e. The predicted molar refractivity (Wildman–Crippen MR) is 86.4 cm³/mol. The highest BCUT2D eigenvalue weighted by Gasteiger charge is 2.21. The summed E-state index contributed by atoms with van der Waals surface area (Å²) in [6.45, 7) is 8.63. The van der Waals surface area contributed by atoms with Gasteiger partial charge in [-0.25, -0.2) is 9.59 Å². The van der Waals surface area contributed by atoms with E-state index in [1.807, 2.05) is 6.92 Å². The number of nitrogens with one attached hydrogen (secondary N) is 2. The number of rotatable bonds is 6. The molecule has 7 nitrogen and oxygen atoms in total. The summed E-state index contributed by atoms with van der Waals surface area (Å²) in [5.41, 5.74) is -0.629. The molecule has 0 aliphatic carbocycles. The van der Waals surface area contributed by atoms with Crippen molar-refractivity contribution in [1.82, 2.24) is 10.6 Å². The van der Waals surface area contributed by atoms with Gasteiger partial charge in [0.2, 0.25) is 5.91 Å². The van der Waals surface area contributed by atoms with Gasteiger partial charge in [-0.1, -0.05) is 13.0 Å². The first-order valence-electron chi connectivity index (χ1n) is 7.15. The number of carbonyl (C=O) groups excluding carboxylic acids is 3. The molecule has 0 aromatic heterocycles. The van der Waals surface area contributed by atoms with Gasteiger partial charge in [-0.05, 0) is 34.1 Å². The quantitative estimate of drug-likeness (QED) is 0.577. The molecule has 130 valence electrons. The Kier molecular flexibility index (Phi) is 8.22. The molecule has 2 amide bonds. The third-order valence-corrected chi connectivity index (χ3v) is 2.56. The smallest absolute Gasteiger partial charge is 0.408 e. The highest BCUT2D eigenvalue weighted by atomic mass is 16.6. The van der Waals surface area contributed by atoms with Crippen molar-refractivity contribution in [2.45, 2.75) is 58.7 Å². The maximum absolute atomic E-state index is 12.0. The average molecular weight is 318 g/mol. The molecule has 0 saturated carbocycles. The number of alkyl carbamates (subject to hydrolysis) is 1. The normalized spacial score (nSPS) is 14.1. The lowest BCUT2D eigenvalue weighted by Crippen LogP contribution is -2.48. The van der Waals surface area contributed by atoms with E-state index >= 15 is 0 Å².